The molecule has 0 aromatic carbocycles. The molecule has 7 heteroatoms. The Kier molecular flexibility index (Phi) is 7.00. The Morgan fingerprint density at radius 1 is 1.03 bits per heavy atom. The molecule has 7 nitrogen and oxygen atoms in total. The topological polar surface area (TPSA) is 59.3 Å². The van der Waals surface area contributed by atoms with Crippen LogP contribution in [0, 0.1) is 13.8 Å². The van der Waals surface area contributed by atoms with Crippen molar-refractivity contribution >= 4 is 11.2 Å². The number of ether oxygens (including phenoxy) is 1. The van der Waals surface area contributed by atoms with Gasteiger partial charge in [0.05, 0.1) is 24.1 Å². The van der Waals surface area contributed by atoms with Crippen molar-refractivity contribution in [3.63, 3.8) is 0 Å². The van der Waals surface area contributed by atoms with Gasteiger partial charge in [0.1, 0.15) is 5.52 Å². The Morgan fingerprint density at radius 2 is 1.76 bits per heavy atom. The van der Waals surface area contributed by atoms with Gasteiger partial charge in [0.2, 0.25) is 5.88 Å². The maximum Gasteiger partial charge on any atom is 0.222 e. The monoisotopic (exact) mass is 450 g/mol. The van der Waals surface area contributed by atoms with Crippen LogP contribution < -0.4 is 4.74 Å². The molecule has 0 radical (unpaired) electrons. The van der Waals surface area contributed by atoms with Gasteiger partial charge >= 0.3 is 0 Å². The fraction of sp³-hybridized carbons (Fsp3) is 0.577. The molecule has 1 aliphatic rings. The summed E-state index contributed by atoms with van der Waals surface area (Å²) in [6.07, 6.45) is 3.29. The summed E-state index contributed by atoms with van der Waals surface area (Å²) < 4.78 is 8.00. The van der Waals surface area contributed by atoms with Gasteiger partial charge in [-0.3, -0.25) is 4.90 Å². The number of piperazine rings is 1. The molecule has 4 rings (SSSR count). The summed E-state index contributed by atoms with van der Waals surface area (Å²) in [6, 6.07) is 4.51. The van der Waals surface area contributed by atoms with Crippen LogP contribution in [0.5, 0.6) is 5.88 Å². The Balaban J connectivity index is 1.71. The maximum absolute atomic E-state index is 5.65. The SMILES string of the molecule is CC[C@H](CN1CCN(C)CC1)n1cc(C)c2nc(-c3ccc(C(C)C)nc3OC)c(C)nc21. The molecule has 1 saturated heterocycles. The van der Waals surface area contributed by atoms with Crippen molar-refractivity contribution in [3.8, 4) is 17.1 Å². The van der Waals surface area contributed by atoms with Gasteiger partial charge in [-0.05, 0) is 50.9 Å². The zero-order chi connectivity index (χ0) is 23.7. The standard InChI is InChI=1S/C26H38N6O/c1-8-20(16-31-13-11-30(6)12-14-31)32-15-18(4)23-25(32)27-19(5)24(29-23)21-9-10-22(17(2)3)28-26(21)33-7/h9-10,15,17,20H,8,11-14,16H2,1-7H3/t20-/m1/s1. The summed E-state index contributed by atoms with van der Waals surface area (Å²) in [5, 5.41) is 0. The average Bonchev–Trinajstić information content (AvgIpc) is 3.12. The fourth-order valence-electron chi connectivity index (χ4n) is 4.67. The zero-order valence-corrected chi connectivity index (χ0v) is 21.2. The molecular weight excluding hydrogens is 412 g/mol. The highest BCUT2D eigenvalue weighted by Gasteiger charge is 2.23. The highest BCUT2D eigenvalue weighted by molar-refractivity contribution is 5.81. The largest absolute Gasteiger partial charge is 0.480 e. The van der Waals surface area contributed by atoms with E-state index in [1.807, 2.05) is 6.92 Å². The van der Waals surface area contributed by atoms with Crippen LogP contribution in [0.1, 0.15) is 56.1 Å². The number of methoxy groups -OCH3 is 1. The second-order valence-electron chi connectivity index (χ2n) is 9.66. The lowest BCUT2D eigenvalue weighted by molar-refractivity contribution is 0.137. The predicted octanol–water partition coefficient (Wildman–Crippen LogP) is 4.44. The first kappa shape index (κ1) is 23.6. The van der Waals surface area contributed by atoms with E-state index in [4.69, 9.17) is 19.7 Å². The summed E-state index contributed by atoms with van der Waals surface area (Å²) in [6.45, 7) is 16.3. The molecular formula is C26H38N6O. The van der Waals surface area contributed by atoms with Crippen molar-refractivity contribution in [2.45, 2.75) is 53.0 Å². The van der Waals surface area contributed by atoms with Gasteiger partial charge in [-0.15, -0.1) is 0 Å². The smallest absolute Gasteiger partial charge is 0.222 e. The van der Waals surface area contributed by atoms with Crippen molar-refractivity contribution in [3.05, 3.63) is 35.3 Å². The molecule has 0 N–H and O–H groups in total. The lowest BCUT2D eigenvalue weighted by Crippen LogP contribution is -2.46. The first-order valence-electron chi connectivity index (χ1n) is 12.1. The van der Waals surface area contributed by atoms with Crippen LogP contribution in [-0.4, -0.2) is 76.2 Å². The number of aryl methyl sites for hydroxylation is 2. The van der Waals surface area contributed by atoms with Gasteiger partial charge < -0.3 is 14.2 Å². The number of aromatic nitrogens is 4. The molecule has 4 heterocycles. The predicted molar refractivity (Wildman–Crippen MR) is 134 cm³/mol. The molecule has 3 aromatic heterocycles. The number of likely N-dealkylation sites (N-methyl/N-ethyl adjacent to an activating group) is 1. The molecule has 1 atom stereocenters. The number of nitrogens with zero attached hydrogens (tertiary/aromatic N) is 6. The molecule has 0 bridgehead atoms. The number of hydrogen-bond acceptors (Lipinski definition) is 6. The van der Waals surface area contributed by atoms with Crippen molar-refractivity contribution in [1.29, 1.82) is 0 Å². The summed E-state index contributed by atoms with van der Waals surface area (Å²) >= 11 is 0. The maximum atomic E-state index is 5.65. The summed E-state index contributed by atoms with van der Waals surface area (Å²) in [4.78, 5) is 19.9. The van der Waals surface area contributed by atoms with Crippen molar-refractivity contribution < 1.29 is 4.74 Å². The van der Waals surface area contributed by atoms with E-state index in [1.165, 1.54) is 0 Å². The minimum atomic E-state index is 0.338. The van der Waals surface area contributed by atoms with Gasteiger partial charge in [0.25, 0.3) is 0 Å². The third-order valence-electron chi connectivity index (χ3n) is 6.85. The van der Waals surface area contributed by atoms with Crippen LogP contribution in [0.15, 0.2) is 18.3 Å². The van der Waals surface area contributed by atoms with Gasteiger partial charge in [-0.1, -0.05) is 20.8 Å². The molecule has 33 heavy (non-hydrogen) atoms. The van der Waals surface area contributed by atoms with E-state index >= 15 is 0 Å². The van der Waals surface area contributed by atoms with E-state index in [-0.39, 0.29) is 0 Å². The van der Waals surface area contributed by atoms with E-state index in [0.29, 0.717) is 17.8 Å². The second-order valence-corrected chi connectivity index (χ2v) is 9.66. The summed E-state index contributed by atoms with van der Waals surface area (Å²) in [7, 11) is 3.87. The first-order chi connectivity index (χ1) is 15.8. The minimum Gasteiger partial charge on any atom is -0.480 e. The molecule has 0 aliphatic carbocycles. The van der Waals surface area contributed by atoms with Crippen LogP contribution in [0.25, 0.3) is 22.4 Å². The van der Waals surface area contributed by atoms with Crippen LogP contribution >= 0.6 is 0 Å². The fourth-order valence-corrected chi connectivity index (χ4v) is 4.67. The molecule has 0 unspecified atom stereocenters. The number of fused-ring (bicyclic) bond motifs is 1. The Morgan fingerprint density at radius 3 is 2.39 bits per heavy atom. The minimum absolute atomic E-state index is 0.338. The molecule has 0 saturated carbocycles. The van der Waals surface area contributed by atoms with Gasteiger partial charge in [0, 0.05) is 50.7 Å². The van der Waals surface area contributed by atoms with Crippen LogP contribution in [0.3, 0.4) is 0 Å². The third-order valence-corrected chi connectivity index (χ3v) is 6.85. The van der Waals surface area contributed by atoms with E-state index < -0.39 is 0 Å². The summed E-state index contributed by atoms with van der Waals surface area (Å²) in [5.74, 6) is 0.946. The Hall–Kier alpha value is -2.51. The molecule has 3 aromatic rings. The number of pyridine rings is 1. The molecule has 1 aliphatic heterocycles. The second kappa shape index (κ2) is 9.77. The molecule has 1 fully saturated rings. The van der Waals surface area contributed by atoms with Gasteiger partial charge in [0.15, 0.2) is 5.65 Å². The van der Waals surface area contributed by atoms with E-state index in [9.17, 15) is 0 Å². The van der Waals surface area contributed by atoms with Crippen molar-refractivity contribution in [1.82, 2.24) is 29.3 Å². The van der Waals surface area contributed by atoms with E-state index in [0.717, 1.165) is 78.5 Å². The molecule has 178 valence electrons. The lowest BCUT2D eigenvalue weighted by Gasteiger charge is -2.35. The normalized spacial score (nSPS) is 16.6. The van der Waals surface area contributed by atoms with E-state index in [2.05, 4.69) is 67.4 Å². The quantitative estimate of drug-likeness (QED) is 0.530. The highest BCUT2D eigenvalue weighted by Crippen LogP contribution is 2.33. The first-order valence-corrected chi connectivity index (χ1v) is 12.1. The van der Waals surface area contributed by atoms with Crippen LogP contribution in [0.4, 0.5) is 0 Å². The highest BCUT2D eigenvalue weighted by atomic mass is 16.5. The van der Waals surface area contributed by atoms with Crippen molar-refractivity contribution in [2.24, 2.45) is 0 Å². The number of rotatable bonds is 7. The Labute approximate surface area is 197 Å². The lowest BCUT2D eigenvalue weighted by atomic mass is 10.1. The Bertz CT molecular complexity index is 1110. The van der Waals surface area contributed by atoms with Gasteiger partial charge in [-0.25, -0.2) is 15.0 Å². The summed E-state index contributed by atoms with van der Waals surface area (Å²) in [5.41, 5.74) is 6.73. The third kappa shape index (κ3) is 4.75. The molecule has 0 amide bonds. The average molecular weight is 451 g/mol. The van der Waals surface area contributed by atoms with Crippen LogP contribution in [-0.2, 0) is 0 Å². The number of hydrogen-bond donors (Lipinski definition) is 0. The van der Waals surface area contributed by atoms with Crippen molar-refractivity contribution in [2.75, 3.05) is 46.9 Å². The van der Waals surface area contributed by atoms with E-state index in [1.54, 1.807) is 7.11 Å². The molecule has 0 spiro atoms. The van der Waals surface area contributed by atoms with Gasteiger partial charge in [-0.2, -0.15) is 0 Å². The van der Waals surface area contributed by atoms with Crippen LogP contribution in [0.2, 0.25) is 0 Å². The zero-order valence-electron chi connectivity index (χ0n) is 21.2.